The second-order valence-corrected chi connectivity index (χ2v) is 12.2. The molecule has 3 aliphatic heterocycles. The number of hydrogen-bond donors (Lipinski definition) is 3. The monoisotopic (exact) mass is 574 g/mol. The lowest BCUT2D eigenvalue weighted by atomic mass is 9.96. The smallest absolute Gasteiger partial charge is 0.251 e. The molecule has 5 rings (SSSR count). The Morgan fingerprint density at radius 1 is 0.976 bits per heavy atom. The lowest BCUT2D eigenvalue weighted by Gasteiger charge is -2.40. The normalized spacial score (nSPS) is 22.3. The largest absolute Gasteiger partial charge is 0.382 e. The van der Waals surface area contributed by atoms with E-state index < -0.39 is 5.91 Å². The molecule has 2 atom stereocenters. The number of likely N-dealkylation sites (tertiary alicyclic amines) is 1. The number of carbonyl (C=O) groups excluding carboxylic acids is 3. The molecule has 0 saturated carbocycles. The van der Waals surface area contributed by atoms with Gasteiger partial charge in [-0.3, -0.25) is 14.4 Å². The van der Waals surface area contributed by atoms with Crippen LogP contribution in [0.4, 0.5) is 11.5 Å². The molecule has 2 aromatic rings. The molecular formula is C33H46N6O3. The van der Waals surface area contributed by atoms with Gasteiger partial charge in [-0.1, -0.05) is 20.3 Å². The van der Waals surface area contributed by atoms with E-state index in [9.17, 15) is 14.4 Å². The van der Waals surface area contributed by atoms with Crippen molar-refractivity contribution in [3.63, 3.8) is 0 Å². The Morgan fingerprint density at radius 2 is 1.67 bits per heavy atom. The van der Waals surface area contributed by atoms with Gasteiger partial charge in [-0.2, -0.15) is 0 Å². The van der Waals surface area contributed by atoms with E-state index >= 15 is 0 Å². The van der Waals surface area contributed by atoms with Crippen LogP contribution in [-0.4, -0.2) is 71.3 Å². The summed E-state index contributed by atoms with van der Waals surface area (Å²) in [6, 6.07) is 9.84. The first-order valence-corrected chi connectivity index (χ1v) is 15.9. The van der Waals surface area contributed by atoms with Gasteiger partial charge in [0.15, 0.2) is 5.78 Å². The Kier molecular flexibility index (Phi) is 9.77. The van der Waals surface area contributed by atoms with E-state index in [1.54, 1.807) is 24.4 Å². The minimum atomic E-state index is -0.511. The van der Waals surface area contributed by atoms with Crippen LogP contribution in [0.15, 0.2) is 36.5 Å². The molecule has 0 radical (unpaired) electrons. The lowest BCUT2D eigenvalue weighted by Crippen LogP contribution is -2.50. The van der Waals surface area contributed by atoms with Crippen LogP contribution in [0, 0.1) is 0 Å². The number of carbonyl (C=O) groups is 3. The highest BCUT2D eigenvalue weighted by molar-refractivity contribution is 6.02. The maximum Gasteiger partial charge on any atom is 0.251 e. The summed E-state index contributed by atoms with van der Waals surface area (Å²) in [5.41, 5.74) is 7.81. The number of benzene rings is 1. The maximum absolute atomic E-state index is 13.3. The van der Waals surface area contributed by atoms with Crippen molar-refractivity contribution in [2.75, 3.05) is 29.9 Å². The highest BCUT2D eigenvalue weighted by Gasteiger charge is 2.42. The zero-order chi connectivity index (χ0) is 29.6. The van der Waals surface area contributed by atoms with Crippen LogP contribution in [0.2, 0.25) is 0 Å². The van der Waals surface area contributed by atoms with Gasteiger partial charge >= 0.3 is 0 Å². The van der Waals surface area contributed by atoms with Crippen LogP contribution in [0.25, 0.3) is 0 Å². The lowest BCUT2D eigenvalue weighted by molar-refractivity contribution is 0.0924. The van der Waals surface area contributed by atoms with Crippen molar-refractivity contribution in [1.82, 2.24) is 15.2 Å². The molecule has 0 spiro atoms. The number of aromatic nitrogens is 1. The Labute approximate surface area is 249 Å². The Balaban J connectivity index is 1.18. The van der Waals surface area contributed by atoms with E-state index in [-0.39, 0.29) is 23.8 Å². The highest BCUT2D eigenvalue weighted by Crippen LogP contribution is 2.38. The number of amides is 2. The Bertz CT molecular complexity index is 1240. The van der Waals surface area contributed by atoms with Gasteiger partial charge in [-0.25, -0.2) is 4.98 Å². The van der Waals surface area contributed by atoms with Crippen molar-refractivity contribution < 1.29 is 14.4 Å². The standard InChI is InChI=1S/C33H46N6O3/c1-3-24(4-2)36-29-18-22(8-12-28(29)32(34)41)33(42)37-25-19-26-10-11-27(20-25)39(26)31-13-9-23(21-35-31)30(40)14-17-38-15-6-5-7-16-38/h8-9,12-13,18,21,24-27,36H,3-7,10-11,14-17,19-20H2,1-2H3,(H2,34,41)(H,37,42). The van der Waals surface area contributed by atoms with Crippen molar-refractivity contribution in [3.8, 4) is 0 Å². The van der Waals surface area contributed by atoms with Gasteiger partial charge in [0.05, 0.1) is 5.56 Å². The zero-order valence-corrected chi connectivity index (χ0v) is 25.1. The highest BCUT2D eigenvalue weighted by atomic mass is 16.2. The number of nitrogens with zero attached hydrogens (tertiary/aromatic N) is 3. The van der Waals surface area contributed by atoms with Crippen LogP contribution in [0.1, 0.15) is 109 Å². The number of pyridine rings is 1. The molecule has 9 nitrogen and oxygen atoms in total. The molecule has 226 valence electrons. The number of nitrogens with two attached hydrogens (primary N) is 1. The number of Topliss-reactive ketones (excluding diaryl/α,β-unsaturated/α-hetero) is 1. The summed E-state index contributed by atoms with van der Waals surface area (Å²) in [5.74, 6) is 0.426. The van der Waals surface area contributed by atoms with Crippen molar-refractivity contribution in [2.45, 2.75) is 102 Å². The topological polar surface area (TPSA) is 121 Å². The third-order valence-electron chi connectivity index (χ3n) is 9.40. The van der Waals surface area contributed by atoms with Crippen molar-refractivity contribution in [3.05, 3.63) is 53.2 Å². The van der Waals surface area contributed by atoms with E-state index in [0.29, 0.717) is 40.9 Å². The molecule has 1 aromatic heterocycles. The predicted octanol–water partition coefficient (Wildman–Crippen LogP) is 4.77. The maximum atomic E-state index is 13.3. The molecule has 0 aliphatic carbocycles. The molecule has 4 heterocycles. The fraction of sp³-hybridized carbons (Fsp3) is 0.576. The first-order valence-electron chi connectivity index (χ1n) is 15.9. The summed E-state index contributed by atoms with van der Waals surface area (Å²) in [6.45, 7) is 7.20. The van der Waals surface area contributed by atoms with Crippen LogP contribution >= 0.6 is 0 Å². The van der Waals surface area contributed by atoms with E-state index in [1.807, 2.05) is 12.1 Å². The average Bonchev–Trinajstić information content (AvgIpc) is 3.28. The van der Waals surface area contributed by atoms with Gasteiger partial charge < -0.3 is 26.2 Å². The number of fused-ring (bicyclic) bond motifs is 2. The minimum Gasteiger partial charge on any atom is -0.382 e. The van der Waals surface area contributed by atoms with Crippen LogP contribution in [-0.2, 0) is 0 Å². The molecule has 3 fully saturated rings. The number of primary amides is 1. The van der Waals surface area contributed by atoms with Crippen molar-refractivity contribution in [2.24, 2.45) is 5.73 Å². The summed E-state index contributed by atoms with van der Waals surface area (Å²) in [7, 11) is 0. The first kappa shape index (κ1) is 30.0. The third kappa shape index (κ3) is 6.94. The molecule has 9 heteroatoms. The third-order valence-corrected chi connectivity index (χ3v) is 9.40. The van der Waals surface area contributed by atoms with Crippen LogP contribution in [0.5, 0.6) is 0 Å². The van der Waals surface area contributed by atoms with E-state index in [4.69, 9.17) is 10.7 Å². The van der Waals surface area contributed by atoms with Crippen molar-refractivity contribution >= 4 is 29.1 Å². The first-order chi connectivity index (χ1) is 20.4. The molecule has 42 heavy (non-hydrogen) atoms. The zero-order valence-electron chi connectivity index (χ0n) is 25.1. The molecule has 4 N–H and O–H groups in total. The summed E-state index contributed by atoms with van der Waals surface area (Å²) in [4.78, 5) is 47.6. The van der Waals surface area contributed by atoms with Crippen molar-refractivity contribution in [1.29, 1.82) is 0 Å². The number of rotatable bonds is 12. The molecule has 3 saturated heterocycles. The number of hydrogen-bond acceptors (Lipinski definition) is 7. The van der Waals surface area contributed by atoms with Crippen LogP contribution < -0.4 is 21.3 Å². The summed E-state index contributed by atoms with van der Waals surface area (Å²) in [5, 5.41) is 6.64. The molecule has 3 aliphatic rings. The van der Waals surface area contributed by atoms with Gasteiger partial charge in [-0.05, 0) is 94.8 Å². The summed E-state index contributed by atoms with van der Waals surface area (Å²) < 4.78 is 0. The molecule has 2 unspecified atom stereocenters. The number of nitrogens with one attached hydrogen (secondary N) is 2. The molecular weight excluding hydrogens is 528 g/mol. The number of ketones is 1. The van der Waals surface area contributed by atoms with Crippen LogP contribution in [0.3, 0.4) is 0 Å². The van der Waals surface area contributed by atoms with Gasteiger partial charge in [0.2, 0.25) is 0 Å². The molecule has 2 amide bonds. The second kappa shape index (κ2) is 13.7. The predicted molar refractivity (Wildman–Crippen MR) is 166 cm³/mol. The molecule has 1 aromatic carbocycles. The fourth-order valence-corrected chi connectivity index (χ4v) is 6.96. The van der Waals surface area contributed by atoms with E-state index in [1.165, 1.54) is 19.3 Å². The van der Waals surface area contributed by atoms with Gasteiger partial charge in [0.1, 0.15) is 5.82 Å². The quantitative estimate of drug-likeness (QED) is 0.312. The molecule has 2 bridgehead atoms. The number of piperidine rings is 2. The SMILES string of the molecule is CCC(CC)Nc1cc(C(=O)NC2CC3CCC(C2)N3c2ccc(C(=O)CCN3CCCCC3)cn2)ccc1C(N)=O. The summed E-state index contributed by atoms with van der Waals surface area (Å²) in [6.07, 6.45) is 11.7. The van der Waals surface area contributed by atoms with Gasteiger partial charge in [0, 0.05) is 60.1 Å². The Hall–Kier alpha value is -3.46. The van der Waals surface area contributed by atoms with Gasteiger partial charge in [-0.15, -0.1) is 0 Å². The summed E-state index contributed by atoms with van der Waals surface area (Å²) >= 11 is 0. The minimum absolute atomic E-state index is 0.0631. The average molecular weight is 575 g/mol. The van der Waals surface area contributed by atoms with E-state index in [0.717, 1.165) is 64.0 Å². The van der Waals surface area contributed by atoms with Gasteiger partial charge in [0.25, 0.3) is 11.8 Å². The van der Waals surface area contributed by atoms with E-state index in [2.05, 4.69) is 34.3 Å². The second-order valence-electron chi connectivity index (χ2n) is 12.2. The Morgan fingerprint density at radius 3 is 2.29 bits per heavy atom. The fourth-order valence-electron chi connectivity index (χ4n) is 6.96. The number of anilines is 2.